The Labute approximate surface area is 163 Å². The average Bonchev–Trinajstić information content (AvgIpc) is 2.92. The van der Waals surface area contributed by atoms with Gasteiger partial charge >= 0.3 is 0 Å². The lowest BCUT2D eigenvalue weighted by Gasteiger charge is -2.35. The second-order valence-electron chi connectivity index (χ2n) is 7.86. The van der Waals surface area contributed by atoms with Gasteiger partial charge in [-0.15, -0.1) is 0 Å². The van der Waals surface area contributed by atoms with Gasteiger partial charge in [-0.05, 0) is 50.3 Å². The molecule has 3 heterocycles. The molecule has 2 fully saturated rings. The quantitative estimate of drug-likeness (QED) is 0.740. The Morgan fingerprint density at radius 2 is 1.71 bits per heavy atom. The Balaban J connectivity index is 1.55. The van der Waals surface area contributed by atoms with E-state index in [1.165, 1.54) is 0 Å². The Hall–Kier alpha value is -2.74. The summed E-state index contributed by atoms with van der Waals surface area (Å²) in [6.07, 6.45) is 2.26. The fourth-order valence-electron chi connectivity index (χ4n) is 4.34. The summed E-state index contributed by atoms with van der Waals surface area (Å²) in [5.41, 5.74) is 7.53. The minimum absolute atomic E-state index is 0.115. The first-order valence-electron chi connectivity index (χ1n) is 9.73. The van der Waals surface area contributed by atoms with Crippen molar-refractivity contribution < 1.29 is 19.2 Å². The number of hydrogen-bond acceptors (Lipinski definition) is 6. The van der Waals surface area contributed by atoms with Crippen molar-refractivity contribution in [3.8, 4) is 0 Å². The van der Waals surface area contributed by atoms with E-state index < -0.39 is 23.8 Å². The number of hydrogen-bond donors (Lipinski definition) is 2. The molecule has 0 bridgehead atoms. The van der Waals surface area contributed by atoms with Gasteiger partial charge in [0, 0.05) is 31.2 Å². The zero-order valence-electron chi connectivity index (χ0n) is 15.8. The number of imide groups is 2. The molecule has 2 atom stereocenters. The van der Waals surface area contributed by atoms with E-state index in [1.807, 2.05) is 13.0 Å². The van der Waals surface area contributed by atoms with Crippen LogP contribution in [0, 0.1) is 5.92 Å². The van der Waals surface area contributed by atoms with Gasteiger partial charge in [-0.25, -0.2) is 0 Å². The third kappa shape index (κ3) is 3.07. The van der Waals surface area contributed by atoms with Crippen LogP contribution in [0.2, 0.25) is 0 Å². The molecule has 8 nitrogen and oxygen atoms in total. The van der Waals surface area contributed by atoms with E-state index in [9.17, 15) is 19.2 Å². The fraction of sp³-hybridized carbons (Fsp3) is 0.500. The van der Waals surface area contributed by atoms with Crippen LogP contribution in [0.1, 0.15) is 53.3 Å². The van der Waals surface area contributed by atoms with E-state index in [4.69, 9.17) is 5.73 Å². The molecular weight excluding hydrogens is 360 g/mol. The molecule has 0 saturated carbocycles. The summed E-state index contributed by atoms with van der Waals surface area (Å²) in [6, 6.07) is 4.49. The van der Waals surface area contributed by atoms with Gasteiger partial charge in [-0.3, -0.25) is 29.4 Å². The maximum absolute atomic E-state index is 12.9. The smallest absolute Gasteiger partial charge is 0.262 e. The zero-order valence-corrected chi connectivity index (χ0v) is 15.8. The first kappa shape index (κ1) is 18.6. The first-order chi connectivity index (χ1) is 13.4. The topological polar surface area (TPSA) is 113 Å². The van der Waals surface area contributed by atoms with E-state index in [1.54, 1.807) is 12.1 Å². The number of nitrogens with zero attached hydrogens (tertiary/aromatic N) is 2. The van der Waals surface area contributed by atoms with E-state index in [0.717, 1.165) is 36.5 Å². The zero-order chi connectivity index (χ0) is 20.0. The van der Waals surface area contributed by atoms with Crippen LogP contribution in [0.15, 0.2) is 18.2 Å². The van der Waals surface area contributed by atoms with Gasteiger partial charge in [-0.1, -0.05) is 0 Å². The van der Waals surface area contributed by atoms with Gasteiger partial charge in [-0.2, -0.15) is 0 Å². The van der Waals surface area contributed by atoms with Crippen molar-refractivity contribution in [1.82, 2.24) is 10.2 Å². The van der Waals surface area contributed by atoms with Gasteiger partial charge in [0.05, 0.1) is 11.1 Å². The Morgan fingerprint density at radius 1 is 1.04 bits per heavy atom. The minimum Gasteiger partial charge on any atom is -0.371 e. The number of fused-ring (bicyclic) bond motifs is 1. The normalized spacial score (nSPS) is 24.4. The number of rotatable bonds is 3. The highest BCUT2D eigenvalue weighted by atomic mass is 16.2. The number of piperidine rings is 2. The number of carbonyl (C=O) groups excluding carboxylic acids is 4. The number of benzene rings is 1. The Morgan fingerprint density at radius 3 is 2.36 bits per heavy atom. The molecule has 28 heavy (non-hydrogen) atoms. The molecule has 3 N–H and O–H groups in total. The Kier molecular flexibility index (Phi) is 4.66. The van der Waals surface area contributed by atoms with Crippen molar-refractivity contribution in [2.24, 2.45) is 11.7 Å². The predicted molar refractivity (Wildman–Crippen MR) is 102 cm³/mol. The highest BCUT2D eigenvalue weighted by molar-refractivity contribution is 6.23. The van der Waals surface area contributed by atoms with Gasteiger partial charge in [0.2, 0.25) is 11.8 Å². The van der Waals surface area contributed by atoms with Crippen LogP contribution < -0.4 is 16.0 Å². The lowest BCUT2D eigenvalue weighted by atomic mass is 9.90. The average molecular weight is 384 g/mol. The van der Waals surface area contributed by atoms with Crippen molar-refractivity contribution in [3.05, 3.63) is 29.3 Å². The summed E-state index contributed by atoms with van der Waals surface area (Å²) in [7, 11) is 0. The van der Waals surface area contributed by atoms with Gasteiger partial charge in [0.1, 0.15) is 6.04 Å². The van der Waals surface area contributed by atoms with Gasteiger partial charge < -0.3 is 10.6 Å². The molecule has 2 unspecified atom stereocenters. The third-order valence-corrected chi connectivity index (χ3v) is 6.07. The van der Waals surface area contributed by atoms with Crippen molar-refractivity contribution in [1.29, 1.82) is 0 Å². The molecular formula is C20H24N4O4. The molecule has 3 aliphatic heterocycles. The minimum atomic E-state index is -0.935. The predicted octanol–water partition coefficient (Wildman–Crippen LogP) is 0.651. The summed E-state index contributed by atoms with van der Waals surface area (Å²) in [6.45, 7) is 3.73. The van der Waals surface area contributed by atoms with Crippen LogP contribution in [0.5, 0.6) is 0 Å². The van der Waals surface area contributed by atoms with Crippen LogP contribution >= 0.6 is 0 Å². The molecule has 148 valence electrons. The van der Waals surface area contributed by atoms with E-state index >= 15 is 0 Å². The summed E-state index contributed by atoms with van der Waals surface area (Å²) < 4.78 is 0. The molecule has 1 aromatic rings. The van der Waals surface area contributed by atoms with Crippen LogP contribution in [0.3, 0.4) is 0 Å². The van der Waals surface area contributed by atoms with Crippen molar-refractivity contribution >= 4 is 29.3 Å². The highest BCUT2D eigenvalue weighted by Gasteiger charge is 2.44. The maximum Gasteiger partial charge on any atom is 0.262 e. The molecule has 0 spiro atoms. The SMILES string of the molecule is CC(N)C1CCN(c2ccc3c(c2)C(=O)N(C2CCC(=O)NC2=O)C3=O)CC1. The van der Waals surface area contributed by atoms with Crippen LogP contribution in [-0.2, 0) is 9.59 Å². The molecule has 0 aliphatic carbocycles. The van der Waals surface area contributed by atoms with Gasteiger partial charge in [0.25, 0.3) is 11.8 Å². The lowest BCUT2D eigenvalue weighted by molar-refractivity contribution is -0.136. The van der Waals surface area contributed by atoms with Gasteiger partial charge in [0.15, 0.2) is 0 Å². The number of nitrogens with one attached hydrogen (secondary N) is 1. The number of anilines is 1. The molecule has 8 heteroatoms. The Bertz CT molecular complexity index is 858. The summed E-state index contributed by atoms with van der Waals surface area (Å²) in [5, 5.41) is 2.21. The third-order valence-electron chi connectivity index (χ3n) is 6.07. The van der Waals surface area contributed by atoms with Crippen molar-refractivity contribution in [2.75, 3.05) is 18.0 Å². The molecule has 0 radical (unpaired) electrons. The summed E-state index contributed by atoms with van der Waals surface area (Å²) in [5.74, 6) is -1.42. The van der Waals surface area contributed by atoms with Crippen molar-refractivity contribution in [3.63, 3.8) is 0 Å². The second-order valence-corrected chi connectivity index (χ2v) is 7.86. The summed E-state index contributed by atoms with van der Waals surface area (Å²) >= 11 is 0. The van der Waals surface area contributed by atoms with E-state index in [-0.39, 0.29) is 24.8 Å². The van der Waals surface area contributed by atoms with Crippen molar-refractivity contribution in [2.45, 2.75) is 44.7 Å². The molecule has 0 aromatic heterocycles. The number of amides is 4. The number of carbonyl (C=O) groups is 4. The molecule has 1 aromatic carbocycles. The highest BCUT2D eigenvalue weighted by Crippen LogP contribution is 2.32. The summed E-state index contributed by atoms with van der Waals surface area (Å²) in [4.78, 5) is 52.4. The van der Waals surface area contributed by atoms with Crippen LogP contribution in [-0.4, -0.2) is 53.7 Å². The fourth-order valence-corrected chi connectivity index (χ4v) is 4.34. The monoisotopic (exact) mass is 384 g/mol. The number of nitrogens with two attached hydrogens (primary N) is 1. The lowest BCUT2D eigenvalue weighted by Crippen LogP contribution is -2.54. The maximum atomic E-state index is 12.9. The van der Waals surface area contributed by atoms with Crippen LogP contribution in [0.4, 0.5) is 5.69 Å². The van der Waals surface area contributed by atoms with E-state index in [0.29, 0.717) is 17.0 Å². The molecule has 3 aliphatic rings. The largest absolute Gasteiger partial charge is 0.371 e. The van der Waals surface area contributed by atoms with E-state index in [2.05, 4.69) is 10.2 Å². The second kappa shape index (κ2) is 7.01. The molecule has 2 saturated heterocycles. The standard InChI is InChI=1S/C20H24N4O4/c1-11(21)12-6-8-23(9-7-12)13-2-3-14-15(10-13)20(28)24(19(14)27)16-4-5-17(25)22-18(16)26/h2-3,10-12,16H,4-9,21H2,1H3,(H,22,25,26). The molecule has 4 rings (SSSR count). The first-order valence-corrected chi connectivity index (χ1v) is 9.73. The van der Waals surface area contributed by atoms with Crippen LogP contribution in [0.25, 0.3) is 0 Å². The molecule has 4 amide bonds.